The van der Waals surface area contributed by atoms with Gasteiger partial charge in [-0.3, -0.25) is 0 Å². The molecule has 0 aliphatic carbocycles. The molecule has 0 unspecified atom stereocenters. The number of hydrogen-bond donors (Lipinski definition) is 4. The van der Waals surface area contributed by atoms with Crippen molar-refractivity contribution in [3.05, 3.63) is 29.3 Å². The Balaban J connectivity index is 3.07. The Hall–Kier alpha value is -1.24. The Morgan fingerprint density at radius 1 is 1.24 bits per heavy atom. The van der Waals surface area contributed by atoms with Crippen LogP contribution in [0.3, 0.4) is 0 Å². The van der Waals surface area contributed by atoms with Crippen LogP contribution in [-0.4, -0.2) is 29.0 Å². The lowest BCUT2D eigenvalue weighted by Gasteiger charge is -2.28. The first-order valence-electron chi connectivity index (χ1n) is 5.13. The molecular formula is C11H16F2N2O2. The van der Waals surface area contributed by atoms with E-state index in [0.29, 0.717) is 5.56 Å². The number of aliphatic hydroxyl groups is 2. The largest absolute Gasteiger partial charge is 0.394 e. The third-order valence-corrected chi connectivity index (χ3v) is 2.46. The quantitative estimate of drug-likeness (QED) is 0.613. The van der Waals surface area contributed by atoms with Crippen LogP contribution in [0.25, 0.3) is 0 Å². The molecule has 17 heavy (non-hydrogen) atoms. The molecule has 1 aromatic carbocycles. The number of benzene rings is 1. The van der Waals surface area contributed by atoms with Gasteiger partial charge in [0.25, 0.3) is 0 Å². The van der Waals surface area contributed by atoms with Crippen LogP contribution in [-0.2, 0) is 6.54 Å². The molecule has 0 saturated carbocycles. The van der Waals surface area contributed by atoms with E-state index in [1.54, 1.807) is 0 Å². The summed E-state index contributed by atoms with van der Waals surface area (Å²) in [7, 11) is 0. The van der Waals surface area contributed by atoms with E-state index in [9.17, 15) is 8.78 Å². The molecule has 6 heteroatoms. The Morgan fingerprint density at radius 2 is 1.71 bits per heavy atom. The first-order valence-corrected chi connectivity index (χ1v) is 5.13. The molecule has 0 saturated heterocycles. The molecule has 0 aromatic heterocycles. The van der Waals surface area contributed by atoms with Crippen LogP contribution in [0.5, 0.6) is 0 Å². The number of rotatable bonds is 5. The van der Waals surface area contributed by atoms with Crippen molar-refractivity contribution in [2.75, 3.05) is 18.5 Å². The fourth-order valence-corrected chi connectivity index (χ4v) is 1.29. The van der Waals surface area contributed by atoms with E-state index in [1.807, 2.05) is 0 Å². The van der Waals surface area contributed by atoms with Gasteiger partial charge in [0.05, 0.1) is 18.8 Å². The highest BCUT2D eigenvalue weighted by Crippen LogP contribution is 2.24. The number of anilines is 1. The predicted molar refractivity (Wildman–Crippen MR) is 60.4 cm³/mol. The standard InChI is InChI=1S/C11H16F2N2O2/c1-11(5-16,6-17)15-10-8(12)2-7(4-14)3-9(10)13/h2-3,15-17H,4-6,14H2,1H3. The Morgan fingerprint density at radius 3 is 2.06 bits per heavy atom. The van der Waals surface area contributed by atoms with Crippen molar-refractivity contribution in [3.8, 4) is 0 Å². The molecule has 0 radical (unpaired) electrons. The number of nitrogens with two attached hydrogens (primary N) is 1. The van der Waals surface area contributed by atoms with Crippen LogP contribution in [0, 0.1) is 11.6 Å². The highest BCUT2D eigenvalue weighted by atomic mass is 19.1. The minimum atomic E-state index is -1.19. The smallest absolute Gasteiger partial charge is 0.149 e. The van der Waals surface area contributed by atoms with Crippen LogP contribution in [0.4, 0.5) is 14.5 Å². The molecule has 0 aliphatic heterocycles. The van der Waals surface area contributed by atoms with Crippen molar-refractivity contribution in [1.82, 2.24) is 0 Å². The molecule has 0 amide bonds. The second kappa shape index (κ2) is 5.39. The van der Waals surface area contributed by atoms with Gasteiger partial charge in [-0.1, -0.05) is 0 Å². The van der Waals surface area contributed by atoms with Gasteiger partial charge in [-0.25, -0.2) is 8.78 Å². The maximum absolute atomic E-state index is 13.6. The molecule has 0 spiro atoms. The molecule has 0 atom stereocenters. The molecule has 96 valence electrons. The fraction of sp³-hybridized carbons (Fsp3) is 0.455. The monoisotopic (exact) mass is 246 g/mol. The molecule has 1 rings (SSSR count). The highest BCUT2D eigenvalue weighted by Gasteiger charge is 2.25. The summed E-state index contributed by atoms with van der Waals surface area (Å²) < 4.78 is 27.2. The van der Waals surface area contributed by atoms with Gasteiger partial charge in [0.15, 0.2) is 0 Å². The van der Waals surface area contributed by atoms with Gasteiger partial charge in [-0.15, -0.1) is 0 Å². The first-order chi connectivity index (χ1) is 7.95. The van der Waals surface area contributed by atoms with Gasteiger partial charge >= 0.3 is 0 Å². The maximum atomic E-state index is 13.6. The highest BCUT2D eigenvalue weighted by molar-refractivity contribution is 5.50. The fourth-order valence-electron chi connectivity index (χ4n) is 1.29. The van der Waals surface area contributed by atoms with E-state index in [-0.39, 0.29) is 12.2 Å². The molecule has 1 aromatic rings. The first kappa shape index (κ1) is 13.8. The Bertz CT molecular complexity index is 372. The van der Waals surface area contributed by atoms with Gasteiger partial charge in [-0.05, 0) is 24.6 Å². The van der Waals surface area contributed by atoms with Gasteiger partial charge in [-0.2, -0.15) is 0 Å². The van der Waals surface area contributed by atoms with E-state index in [4.69, 9.17) is 15.9 Å². The van der Waals surface area contributed by atoms with E-state index in [0.717, 1.165) is 12.1 Å². The van der Waals surface area contributed by atoms with Crippen LogP contribution in [0.15, 0.2) is 12.1 Å². The zero-order chi connectivity index (χ0) is 13.1. The van der Waals surface area contributed by atoms with Crippen molar-refractivity contribution >= 4 is 5.69 Å². The Kier molecular flexibility index (Phi) is 4.39. The van der Waals surface area contributed by atoms with E-state index >= 15 is 0 Å². The average Bonchev–Trinajstić information content (AvgIpc) is 2.33. The summed E-state index contributed by atoms with van der Waals surface area (Å²) in [5.41, 5.74) is 4.05. The van der Waals surface area contributed by atoms with Crippen molar-refractivity contribution in [2.24, 2.45) is 5.73 Å². The third-order valence-electron chi connectivity index (χ3n) is 2.46. The van der Waals surface area contributed by atoms with Crippen LogP contribution >= 0.6 is 0 Å². The predicted octanol–water partition coefficient (Wildman–Crippen LogP) is 0.579. The summed E-state index contributed by atoms with van der Waals surface area (Å²) in [5.74, 6) is -1.61. The zero-order valence-electron chi connectivity index (χ0n) is 9.50. The van der Waals surface area contributed by atoms with Crippen LogP contribution in [0.2, 0.25) is 0 Å². The van der Waals surface area contributed by atoms with Crippen molar-refractivity contribution in [2.45, 2.75) is 19.0 Å². The summed E-state index contributed by atoms with van der Waals surface area (Å²) in [6, 6.07) is 2.22. The lowest BCUT2D eigenvalue weighted by molar-refractivity contribution is 0.147. The van der Waals surface area contributed by atoms with Gasteiger partial charge in [0.1, 0.15) is 17.3 Å². The molecule has 0 aliphatic rings. The van der Waals surface area contributed by atoms with Crippen LogP contribution < -0.4 is 11.1 Å². The third kappa shape index (κ3) is 3.12. The topological polar surface area (TPSA) is 78.5 Å². The van der Waals surface area contributed by atoms with Crippen molar-refractivity contribution in [3.63, 3.8) is 0 Å². The second-order valence-electron chi connectivity index (χ2n) is 4.14. The molecule has 0 fully saturated rings. The van der Waals surface area contributed by atoms with Gasteiger partial charge in [0, 0.05) is 6.54 Å². The molecule has 4 nitrogen and oxygen atoms in total. The number of hydrogen-bond acceptors (Lipinski definition) is 4. The SMILES string of the molecule is CC(CO)(CO)Nc1c(F)cc(CN)cc1F. The number of aliphatic hydroxyl groups excluding tert-OH is 2. The van der Waals surface area contributed by atoms with E-state index in [1.165, 1.54) is 6.92 Å². The molecular weight excluding hydrogens is 230 g/mol. The lowest BCUT2D eigenvalue weighted by Crippen LogP contribution is -2.43. The molecule has 5 N–H and O–H groups in total. The van der Waals surface area contributed by atoms with E-state index in [2.05, 4.69) is 5.32 Å². The number of nitrogens with one attached hydrogen (secondary N) is 1. The summed E-state index contributed by atoms with van der Waals surface area (Å²) in [6.45, 7) is 0.566. The second-order valence-corrected chi connectivity index (χ2v) is 4.14. The minimum Gasteiger partial charge on any atom is -0.394 e. The van der Waals surface area contributed by atoms with Gasteiger partial charge in [0.2, 0.25) is 0 Å². The zero-order valence-corrected chi connectivity index (χ0v) is 9.50. The van der Waals surface area contributed by atoms with E-state index < -0.39 is 30.4 Å². The number of halogens is 2. The molecule has 0 bridgehead atoms. The normalized spacial score (nSPS) is 11.6. The van der Waals surface area contributed by atoms with Crippen molar-refractivity contribution in [1.29, 1.82) is 0 Å². The minimum absolute atomic E-state index is 0.0331. The van der Waals surface area contributed by atoms with Crippen molar-refractivity contribution < 1.29 is 19.0 Å². The summed E-state index contributed by atoms with van der Waals surface area (Å²) >= 11 is 0. The van der Waals surface area contributed by atoms with Crippen LogP contribution in [0.1, 0.15) is 12.5 Å². The summed E-state index contributed by atoms with van der Waals surface area (Å²) in [5, 5.41) is 20.5. The maximum Gasteiger partial charge on any atom is 0.149 e. The average molecular weight is 246 g/mol. The summed E-state index contributed by atoms with van der Waals surface area (Å²) in [6.07, 6.45) is 0. The Labute approximate surface area is 98.1 Å². The lowest BCUT2D eigenvalue weighted by atomic mass is 10.0. The molecule has 0 heterocycles. The van der Waals surface area contributed by atoms with Gasteiger partial charge < -0.3 is 21.3 Å². The summed E-state index contributed by atoms with van der Waals surface area (Å²) in [4.78, 5) is 0.